The zero-order valence-electron chi connectivity index (χ0n) is 44.3. The van der Waals surface area contributed by atoms with E-state index in [-0.39, 0.29) is 67.9 Å². The van der Waals surface area contributed by atoms with Crippen LogP contribution in [0.15, 0.2) is 65.0 Å². The number of nitrogens with zero attached hydrogens (tertiary/aromatic N) is 7. The summed E-state index contributed by atoms with van der Waals surface area (Å²) in [6, 6.07) is 13.8. The van der Waals surface area contributed by atoms with Crippen LogP contribution in [0.5, 0.6) is 5.75 Å². The van der Waals surface area contributed by atoms with Crippen molar-refractivity contribution in [3.63, 3.8) is 0 Å². The Labute approximate surface area is 442 Å². The zero-order chi connectivity index (χ0) is 53.4. The summed E-state index contributed by atoms with van der Waals surface area (Å²) in [7, 11) is 1.63. The number of likely N-dealkylation sites (tertiary alicyclic amines) is 1. The molecule has 75 heavy (non-hydrogen) atoms. The minimum absolute atomic E-state index is 0.000861. The summed E-state index contributed by atoms with van der Waals surface area (Å²) < 4.78 is 13.6. The van der Waals surface area contributed by atoms with Gasteiger partial charge in [0.2, 0.25) is 29.6 Å². The first-order chi connectivity index (χ1) is 36.0. The number of carbonyl (C=O) groups is 4. The lowest BCUT2D eigenvalue weighted by molar-refractivity contribution is -0.144. The fourth-order valence-electron chi connectivity index (χ4n) is 10.3. The molecule has 4 amide bonds. The van der Waals surface area contributed by atoms with Gasteiger partial charge in [0.1, 0.15) is 23.5 Å². The van der Waals surface area contributed by atoms with Gasteiger partial charge in [0.25, 0.3) is 5.56 Å². The lowest BCUT2D eigenvalue weighted by Gasteiger charge is -2.36. The highest BCUT2D eigenvalue weighted by atomic mass is 32.1. The predicted molar refractivity (Wildman–Crippen MR) is 290 cm³/mol. The Kier molecular flexibility index (Phi) is 17.9. The smallest absolute Gasteiger partial charge is 0.252 e. The van der Waals surface area contributed by atoms with E-state index in [1.54, 1.807) is 35.3 Å². The molecule has 3 aliphatic rings. The van der Waals surface area contributed by atoms with Crippen LogP contribution in [0.25, 0.3) is 21.5 Å². The monoisotopic (exact) mass is 1050 g/mol. The maximum atomic E-state index is 14.1. The number of pyridine rings is 1. The number of hydrogen-bond donors (Lipinski definition) is 5. The number of methoxy groups -OCH3 is 1. The summed E-state index contributed by atoms with van der Waals surface area (Å²) in [5.41, 5.74) is 7.07. The van der Waals surface area contributed by atoms with Gasteiger partial charge in [-0.15, -0.1) is 11.3 Å². The van der Waals surface area contributed by atoms with Crippen LogP contribution in [0.2, 0.25) is 0 Å². The summed E-state index contributed by atoms with van der Waals surface area (Å²) in [5, 5.41) is 23.8. The van der Waals surface area contributed by atoms with E-state index in [0.717, 1.165) is 90.2 Å². The normalized spacial score (nSPS) is 19.7. The van der Waals surface area contributed by atoms with Crippen LogP contribution in [0, 0.1) is 19.3 Å². The van der Waals surface area contributed by atoms with Crippen molar-refractivity contribution < 1.29 is 33.8 Å². The average molecular weight is 1050 g/mol. The second-order valence-corrected chi connectivity index (χ2v) is 21.9. The summed E-state index contributed by atoms with van der Waals surface area (Å²) in [5.74, 6) is -0.0723. The van der Waals surface area contributed by atoms with Crippen LogP contribution < -0.4 is 36.5 Å². The van der Waals surface area contributed by atoms with E-state index < -0.39 is 29.5 Å². The third kappa shape index (κ3) is 13.5. The van der Waals surface area contributed by atoms with Crippen LogP contribution in [0.1, 0.15) is 95.5 Å². The second-order valence-electron chi connectivity index (χ2n) is 21.0. The van der Waals surface area contributed by atoms with Crippen LogP contribution in [0.4, 0.5) is 17.3 Å². The Morgan fingerprint density at radius 1 is 0.933 bits per heavy atom. The number of aryl methyl sites for hydroxylation is 2. The number of fused-ring (bicyclic) bond motifs is 1. The number of ether oxygens (including phenoxy) is 2. The van der Waals surface area contributed by atoms with Crippen LogP contribution in [-0.4, -0.2) is 142 Å². The van der Waals surface area contributed by atoms with Crippen molar-refractivity contribution in [3.05, 3.63) is 87.4 Å². The summed E-state index contributed by atoms with van der Waals surface area (Å²) in [6.45, 7) is 16.1. The van der Waals surface area contributed by atoms with Gasteiger partial charge in [0.15, 0.2) is 0 Å². The molecule has 5 heterocycles. The summed E-state index contributed by atoms with van der Waals surface area (Å²) >= 11 is 1.58. The SMILES string of the molecule is CCC(=O)NC1CCC(n2c(=O)cc(C)c3cnc(Nc4ccc(N5CCN(CCOCCC(=O)N[C@@H](C(=O)N6C[C@H](O)C[C@H]6C(=O)NCc6ccc(-c7scnc7C)cc6)C(C)(C)C)CC5)cc4OC)nc32)CC1. The number of β-amino-alcohol motifs (C(OH)–C–C–N with tert-alkyl or cyclic N) is 1. The van der Waals surface area contributed by atoms with Crippen molar-refractivity contribution in [3.8, 4) is 16.2 Å². The fraction of sp³-hybridized carbons (Fsp3) is 0.527. The molecule has 8 rings (SSSR count). The molecule has 0 radical (unpaired) electrons. The van der Waals surface area contributed by atoms with Crippen molar-refractivity contribution in [2.75, 3.05) is 69.8 Å². The highest BCUT2D eigenvalue weighted by molar-refractivity contribution is 7.13. The van der Waals surface area contributed by atoms with Gasteiger partial charge >= 0.3 is 0 Å². The van der Waals surface area contributed by atoms with E-state index in [2.05, 4.69) is 41.0 Å². The third-order valence-corrected chi connectivity index (χ3v) is 15.6. The van der Waals surface area contributed by atoms with Crippen LogP contribution in [0.3, 0.4) is 0 Å². The molecule has 0 spiro atoms. The average Bonchev–Trinajstić information content (AvgIpc) is 4.02. The Balaban J connectivity index is 0.777. The van der Waals surface area contributed by atoms with Gasteiger partial charge in [-0.3, -0.25) is 33.4 Å². The fourth-order valence-corrected chi connectivity index (χ4v) is 11.1. The first-order valence-corrected chi connectivity index (χ1v) is 27.1. The molecule has 1 aliphatic carbocycles. The van der Waals surface area contributed by atoms with E-state index in [0.29, 0.717) is 42.6 Å². The largest absolute Gasteiger partial charge is 0.494 e. The third-order valence-electron chi connectivity index (χ3n) is 14.7. The molecule has 3 aromatic heterocycles. The molecule has 5 aromatic rings. The standard InChI is InChI=1S/C55H73N11O8S/c1-8-46(68)59-38-13-15-39(16-14-38)66-48(70)27-34(2)42-31-57-54(62-51(42)66)60-43-18-17-40(28-45(43)73-7)64-22-20-63(21-23-64)24-26-74-25-19-47(69)61-50(55(4,5)6)53(72)65-32-41(67)29-44(65)52(71)56-30-36-9-11-37(12-10-36)49-35(3)58-33-75-49/h9-12,17-18,27-28,31,33,38-39,41,44,50,67H,8,13-16,19-26,29-30,32H2,1-7H3,(H,56,71)(H,59,68)(H,61,69)(H,57,60,62)/t38?,39?,41-,44+,50+/m1/s1. The molecule has 402 valence electrons. The van der Waals surface area contributed by atoms with Crippen molar-refractivity contribution in [2.45, 2.75) is 123 Å². The van der Waals surface area contributed by atoms with Gasteiger partial charge < -0.3 is 45.6 Å². The molecule has 2 saturated heterocycles. The molecule has 1 saturated carbocycles. The quantitative estimate of drug-likeness (QED) is 0.0633. The minimum atomic E-state index is -0.924. The van der Waals surface area contributed by atoms with Crippen LogP contribution in [-0.2, 0) is 30.5 Å². The van der Waals surface area contributed by atoms with Gasteiger partial charge in [-0.2, -0.15) is 4.98 Å². The van der Waals surface area contributed by atoms with Crippen molar-refractivity contribution in [2.24, 2.45) is 5.41 Å². The number of benzene rings is 2. The molecule has 0 unspecified atom stereocenters. The number of aromatic nitrogens is 4. The lowest BCUT2D eigenvalue weighted by atomic mass is 9.85. The van der Waals surface area contributed by atoms with E-state index in [9.17, 15) is 29.1 Å². The number of piperazine rings is 1. The molecular weight excluding hydrogens is 975 g/mol. The lowest BCUT2D eigenvalue weighted by Crippen LogP contribution is -2.57. The van der Waals surface area contributed by atoms with Gasteiger partial charge in [0, 0.05) is 107 Å². The molecule has 3 fully saturated rings. The molecule has 5 N–H and O–H groups in total. The summed E-state index contributed by atoms with van der Waals surface area (Å²) in [4.78, 5) is 87.4. The molecule has 19 nitrogen and oxygen atoms in total. The highest BCUT2D eigenvalue weighted by Crippen LogP contribution is 2.35. The van der Waals surface area contributed by atoms with Gasteiger partial charge in [0.05, 0.1) is 48.2 Å². The number of aliphatic hydroxyl groups is 1. The van der Waals surface area contributed by atoms with Crippen LogP contribution >= 0.6 is 11.3 Å². The topological polar surface area (TPSA) is 225 Å². The van der Waals surface area contributed by atoms with Gasteiger partial charge in [-0.1, -0.05) is 52.0 Å². The minimum Gasteiger partial charge on any atom is -0.494 e. The number of amides is 4. The second kappa shape index (κ2) is 24.5. The first-order valence-electron chi connectivity index (χ1n) is 26.2. The Hall–Kier alpha value is -6.48. The molecule has 2 aliphatic heterocycles. The van der Waals surface area contributed by atoms with E-state index >= 15 is 0 Å². The van der Waals surface area contributed by atoms with Crippen molar-refractivity contribution in [1.29, 1.82) is 0 Å². The summed E-state index contributed by atoms with van der Waals surface area (Å²) in [6.07, 6.45) is 4.62. The Morgan fingerprint density at radius 2 is 1.68 bits per heavy atom. The number of aliphatic hydroxyl groups excluding tert-OH is 1. The number of carbonyl (C=O) groups excluding carboxylic acids is 4. The van der Waals surface area contributed by atoms with E-state index in [4.69, 9.17) is 14.5 Å². The first kappa shape index (κ1) is 54.8. The van der Waals surface area contributed by atoms with E-state index in [1.165, 1.54) is 4.90 Å². The molecular formula is C55H73N11O8S. The molecule has 3 atom stereocenters. The van der Waals surface area contributed by atoms with Crippen molar-refractivity contribution >= 4 is 63.3 Å². The highest BCUT2D eigenvalue weighted by Gasteiger charge is 2.44. The van der Waals surface area contributed by atoms with Gasteiger partial charge in [-0.05, 0) is 73.8 Å². The zero-order valence-corrected chi connectivity index (χ0v) is 45.1. The molecule has 2 aromatic carbocycles. The van der Waals surface area contributed by atoms with Gasteiger partial charge in [-0.25, -0.2) is 9.97 Å². The number of thiazole rings is 1. The Bertz CT molecular complexity index is 2870. The maximum absolute atomic E-state index is 14.1. The molecule has 20 heteroatoms. The Morgan fingerprint density at radius 3 is 2.36 bits per heavy atom. The number of rotatable bonds is 19. The number of nitrogens with one attached hydrogen (secondary N) is 4. The van der Waals surface area contributed by atoms with Crippen molar-refractivity contribution in [1.82, 2.24) is 45.3 Å². The predicted octanol–water partition coefficient (Wildman–Crippen LogP) is 5.63. The number of anilines is 3. The molecule has 0 bridgehead atoms. The number of hydrogen-bond acceptors (Lipinski definition) is 15. The van der Waals surface area contributed by atoms with E-state index in [1.807, 2.05) is 89.5 Å². The maximum Gasteiger partial charge on any atom is 0.252 e.